The number of aromatic nitrogens is 2. The molecule has 1 aromatic carbocycles. The minimum atomic E-state index is -0.197. The Bertz CT molecular complexity index is 783. The molecule has 7 heteroatoms. The first kappa shape index (κ1) is 17.8. The smallest absolute Gasteiger partial charge is 0.291 e. The van der Waals surface area contributed by atoms with Gasteiger partial charge in [-0.15, -0.1) is 0 Å². The van der Waals surface area contributed by atoms with Crippen LogP contribution in [0.2, 0.25) is 5.02 Å². The van der Waals surface area contributed by atoms with Crippen molar-refractivity contribution in [3.8, 4) is 0 Å². The normalized spacial score (nSPS) is 15.4. The van der Waals surface area contributed by atoms with Gasteiger partial charge in [0.2, 0.25) is 0 Å². The van der Waals surface area contributed by atoms with Gasteiger partial charge in [-0.1, -0.05) is 29.8 Å². The summed E-state index contributed by atoms with van der Waals surface area (Å²) >= 11 is 6.07. The fourth-order valence-electron chi connectivity index (χ4n) is 3.15. The van der Waals surface area contributed by atoms with E-state index in [2.05, 4.69) is 51.4 Å². The van der Waals surface area contributed by atoms with Gasteiger partial charge in [-0.2, -0.15) is 5.10 Å². The Balaban J connectivity index is 1.50. The molecule has 0 spiro atoms. The molecule has 0 aliphatic carbocycles. The molecule has 0 bridgehead atoms. The van der Waals surface area contributed by atoms with Crippen LogP contribution < -0.4 is 15.8 Å². The van der Waals surface area contributed by atoms with Crippen LogP contribution in [0.1, 0.15) is 5.56 Å². The molecule has 1 aliphatic heterocycles. The number of hydrogen-bond acceptors (Lipinski definition) is 5. The van der Waals surface area contributed by atoms with Gasteiger partial charge in [-0.05, 0) is 18.6 Å². The SMILES string of the molecule is Cc1ccccc1N1CCN(CCNc2c(Cl)cnn(C)c2=O)CC1. The van der Waals surface area contributed by atoms with Crippen LogP contribution in [0.25, 0.3) is 0 Å². The van der Waals surface area contributed by atoms with E-state index in [1.807, 2.05) is 0 Å². The van der Waals surface area contributed by atoms with Crippen molar-refractivity contribution in [1.29, 1.82) is 0 Å². The summed E-state index contributed by atoms with van der Waals surface area (Å²) in [5.41, 5.74) is 2.88. The molecular weight excluding hydrogens is 338 g/mol. The minimum absolute atomic E-state index is 0.197. The molecule has 0 saturated carbocycles. The number of hydrogen-bond donors (Lipinski definition) is 1. The van der Waals surface area contributed by atoms with E-state index < -0.39 is 0 Å². The van der Waals surface area contributed by atoms with E-state index >= 15 is 0 Å². The second-order valence-corrected chi connectivity index (χ2v) is 6.75. The predicted octanol–water partition coefficient (Wildman–Crippen LogP) is 1.98. The van der Waals surface area contributed by atoms with Crippen LogP contribution in [-0.2, 0) is 7.05 Å². The summed E-state index contributed by atoms with van der Waals surface area (Å²) in [6, 6.07) is 8.52. The summed E-state index contributed by atoms with van der Waals surface area (Å²) in [6.45, 7) is 7.78. The molecule has 134 valence electrons. The summed E-state index contributed by atoms with van der Waals surface area (Å²) in [7, 11) is 1.62. The monoisotopic (exact) mass is 361 g/mol. The molecule has 0 amide bonds. The number of aryl methyl sites for hydroxylation is 2. The molecule has 0 radical (unpaired) electrons. The Morgan fingerprint density at radius 2 is 1.92 bits per heavy atom. The van der Waals surface area contributed by atoms with Crippen molar-refractivity contribution in [3.05, 3.63) is 51.4 Å². The van der Waals surface area contributed by atoms with Gasteiger partial charge in [-0.3, -0.25) is 9.69 Å². The second kappa shape index (κ2) is 7.89. The standard InChI is InChI=1S/C18H24ClN5O/c1-14-5-3-4-6-16(14)24-11-9-23(10-12-24)8-7-20-17-15(19)13-21-22(2)18(17)25/h3-6,13,20H,7-12H2,1-2H3. The summed E-state index contributed by atoms with van der Waals surface area (Å²) in [5.74, 6) is 0. The van der Waals surface area contributed by atoms with E-state index in [9.17, 15) is 4.79 Å². The van der Waals surface area contributed by atoms with Crippen molar-refractivity contribution in [2.45, 2.75) is 6.92 Å². The third-order valence-electron chi connectivity index (χ3n) is 4.65. The van der Waals surface area contributed by atoms with Crippen molar-refractivity contribution in [2.75, 3.05) is 49.5 Å². The van der Waals surface area contributed by atoms with Gasteiger partial charge < -0.3 is 10.2 Å². The molecule has 2 heterocycles. The molecule has 1 aromatic heterocycles. The van der Waals surface area contributed by atoms with Crippen molar-refractivity contribution in [3.63, 3.8) is 0 Å². The highest BCUT2D eigenvalue weighted by molar-refractivity contribution is 6.32. The van der Waals surface area contributed by atoms with Crippen LogP contribution in [0, 0.1) is 6.92 Å². The number of benzene rings is 1. The highest BCUT2D eigenvalue weighted by atomic mass is 35.5. The lowest BCUT2D eigenvalue weighted by atomic mass is 10.1. The maximum atomic E-state index is 12.0. The fourth-order valence-corrected chi connectivity index (χ4v) is 3.34. The van der Waals surface area contributed by atoms with E-state index in [1.165, 1.54) is 22.1 Å². The highest BCUT2D eigenvalue weighted by Crippen LogP contribution is 2.20. The molecule has 25 heavy (non-hydrogen) atoms. The Morgan fingerprint density at radius 1 is 1.20 bits per heavy atom. The first-order chi connectivity index (χ1) is 12.1. The molecule has 1 N–H and O–H groups in total. The lowest BCUT2D eigenvalue weighted by Gasteiger charge is -2.36. The van der Waals surface area contributed by atoms with E-state index in [0.717, 1.165) is 32.7 Å². The summed E-state index contributed by atoms with van der Waals surface area (Å²) < 4.78 is 1.29. The molecule has 6 nitrogen and oxygen atoms in total. The largest absolute Gasteiger partial charge is 0.378 e. The van der Waals surface area contributed by atoms with Crippen molar-refractivity contribution < 1.29 is 0 Å². The third-order valence-corrected chi connectivity index (χ3v) is 4.94. The number of piperazine rings is 1. The molecule has 0 atom stereocenters. The summed E-state index contributed by atoms with van der Waals surface area (Å²) in [6.07, 6.45) is 1.49. The zero-order valence-corrected chi connectivity index (χ0v) is 15.5. The number of nitrogens with one attached hydrogen (secondary N) is 1. The lowest BCUT2D eigenvalue weighted by molar-refractivity contribution is 0.267. The van der Waals surface area contributed by atoms with E-state index in [0.29, 0.717) is 17.3 Å². The molecule has 3 rings (SSSR count). The Kier molecular flexibility index (Phi) is 5.60. The topological polar surface area (TPSA) is 53.4 Å². The lowest BCUT2D eigenvalue weighted by Crippen LogP contribution is -2.48. The molecule has 1 fully saturated rings. The number of anilines is 2. The van der Waals surface area contributed by atoms with Gasteiger partial charge in [-0.25, -0.2) is 4.68 Å². The summed E-state index contributed by atoms with van der Waals surface area (Å²) in [4.78, 5) is 16.9. The van der Waals surface area contributed by atoms with Gasteiger partial charge in [0.15, 0.2) is 0 Å². The van der Waals surface area contributed by atoms with E-state index in [1.54, 1.807) is 7.05 Å². The number of halogens is 1. The Labute approximate surface area is 153 Å². The van der Waals surface area contributed by atoms with Gasteiger partial charge in [0.25, 0.3) is 5.56 Å². The molecular formula is C18H24ClN5O. The molecule has 0 unspecified atom stereocenters. The van der Waals surface area contributed by atoms with Gasteiger partial charge in [0.1, 0.15) is 5.69 Å². The number of para-hydroxylation sites is 1. The van der Waals surface area contributed by atoms with Crippen molar-refractivity contribution in [2.24, 2.45) is 7.05 Å². The Morgan fingerprint density at radius 3 is 2.64 bits per heavy atom. The predicted molar refractivity (Wildman–Crippen MR) is 103 cm³/mol. The fraction of sp³-hybridized carbons (Fsp3) is 0.444. The molecule has 1 saturated heterocycles. The van der Waals surface area contributed by atoms with E-state index in [4.69, 9.17) is 11.6 Å². The number of nitrogens with zero attached hydrogens (tertiary/aromatic N) is 4. The maximum Gasteiger partial charge on any atom is 0.291 e. The van der Waals surface area contributed by atoms with Crippen LogP contribution >= 0.6 is 11.6 Å². The van der Waals surface area contributed by atoms with Crippen LogP contribution in [0.5, 0.6) is 0 Å². The maximum absolute atomic E-state index is 12.0. The average molecular weight is 362 g/mol. The molecule has 1 aliphatic rings. The van der Waals surface area contributed by atoms with Gasteiger partial charge >= 0.3 is 0 Å². The Hall–Kier alpha value is -2.05. The average Bonchev–Trinajstić information content (AvgIpc) is 2.62. The van der Waals surface area contributed by atoms with Crippen LogP contribution in [-0.4, -0.2) is 53.9 Å². The molecule has 2 aromatic rings. The van der Waals surface area contributed by atoms with Crippen molar-refractivity contribution in [1.82, 2.24) is 14.7 Å². The van der Waals surface area contributed by atoms with Crippen LogP contribution in [0.4, 0.5) is 11.4 Å². The quantitative estimate of drug-likeness (QED) is 0.882. The minimum Gasteiger partial charge on any atom is -0.378 e. The second-order valence-electron chi connectivity index (χ2n) is 6.34. The van der Waals surface area contributed by atoms with Crippen molar-refractivity contribution >= 4 is 23.0 Å². The third kappa shape index (κ3) is 4.14. The van der Waals surface area contributed by atoms with Crippen LogP contribution in [0.3, 0.4) is 0 Å². The zero-order valence-electron chi connectivity index (χ0n) is 14.7. The zero-order chi connectivity index (χ0) is 17.8. The first-order valence-electron chi connectivity index (χ1n) is 8.55. The van der Waals surface area contributed by atoms with Gasteiger partial charge in [0.05, 0.1) is 11.2 Å². The summed E-state index contributed by atoms with van der Waals surface area (Å²) in [5, 5.41) is 7.43. The highest BCUT2D eigenvalue weighted by Gasteiger charge is 2.18. The van der Waals surface area contributed by atoms with Crippen LogP contribution in [0.15, 0.2) is 35.3 Å². The number of rotatable bonds is 5. The first-order valence-corrected chi connectivity index (χ1v) is 8.92. The van der Waals surface area contributed by atoms with Gasteiger partial charge in [0, 0.05) is 52.0 Å². The van der Waals surface area contributed by atoms with E-state index in [-0.39, 0.29) is 5.56 Å².